The Hall–Kier alpha value is -2.81. The molecule has 0 radical (unpaired) electrons. The number of nitrogens with zero attached hydrogens (tertiary/aromatic N) is 6. The number of para-hydroxylation sites is 1. The highest BCUT2D eigenvalue weighted by Gasteiger charge is 2.23. The van der Waals surface area contributed by atoms with E-state index in [9.17, 15) is 9.59 Å². The van der Waals surface area contributed by atoms with E-state index in [1.54, 1.807) is 4.90 Å². The van der Waals surface area contributed by atoms with Gasteiger partial charge in [-0.2, -0.15) is 0 Å². The van der Waals surface area contributed by atoms with Crippen molar-refractivity contribution >= 4 is 17.5 Å². The number of nitrogens with one attached hydrogen (secondary N) is 1. The molecule has 1 fully saturated rings. The van der Waals surface area contributed by atoms with Gasteiger partial charge in [0, 0.05) is 31.9 Å². The maximum Gasteiger partial charge on any atom is 0.244 e. The zero-order chi connectivity index (χ0) is 18.5. The molecule has 0 bridgehead atoms. The largest absolute Gasteiger partial charge is 0.339 e. The first-order valence-corrected chi connectivity index (χ1v) is 8.60. The lowest BCUT2D eigenvalue weighted by atomic mass is 10.1. The van der Waals surface area contributed by atoms with Gasteiger partial charge in [-0.1, -0.05) is 18.2 Å². The SMILES string of the molecule is Cc1cccc(C)c1NC(=O)CN1CCN(C(=O)Cn2cnnn2)CC1. The van der Waals surface area contributed by atoms with Crippen molar-refractivity contribution in [1.29, 1.82) is 0 Å². The van der Waals surface area contributed by atoms with Crippen LogP contribution < -0.4 is 5.32 Å². The van der Waals surface area contributed by atoms with Crippen molar-refractivity contribution in [3.63, 3.8) is 0 Å². The van der Waals surface area contributed by atoms with E-state index >= 15 is 0 Å². The predicted octanol–water partition coefficient (Wildman–Crippen LogP) is 0.0728. The van der Waals surface area contributed by atoms with Crippen molar-refractivity contribution in [2.24, 2.45) is 0 Å². The Kier molecular flexibility index (Phi) is 5.57. The summed E-state index contributed by atoms with van der Waals surface area (Å²) in [7, 11) is 0. The second-order valence-corrected chi connectivity index (χ2v) is 6.48. The Morgan fingerprint density at radius 3 is 2.38 bits per heavy atom. The minimum atomic E-state index is -0.0316. The predicted molar refractivity (Wildman–Crippen MR) is 95.4 cm³/mol. The summed E-state index contributed by atoms with van der Waals surface area (Å²) < 4.78 is 1.41. The molecular weight excluding hydrogens is 334 g/mol. The first-order valence-electron chi connectivity index (χ1n) is 8.60. The molecule has 0 saturated carbocycles. The van der Waals surface area contributed by atoms with Crippen LogP contribution in [0.4, 0.5) is 5.69 Å². The van der Waals surface area contributed by atoms with Crippen LogP contribution >= 0.6 is 0 Å². The molecule has 26 heavy (non-hydrogen) atoms. The van der Waals surface area contributed by atoms with Crippen molar-refractivity contribution in [3.05, 3.63) is 35.7 Å². The van der Waals surface area contributed by atoms with E-state index in [0.29, 0.717) is 32.7 Å². The molecule has 2 heterocycles. The average molecular weight is 357 g/mol. The molecule has 2 amide bonds. The maximum absolute atomic E-state index is 12.4. The van der Waals surface area contributed by atoms with Crippen LogP contribution in [0.15, 0.2) is 24.5 Å². The Bertz CT molecular complexity index is 747. The van der Waals surface area contributed by atoms with E-state index in [1.807, 2.05) is 32.0 Å². The molecule has 0 atom stereocenters. The van der Waals surface area contributed by atoms with Gasteiger partial charge < -0.3 is 10.2 Å². The van der Waals surface area contributed by atoms with E-state index in [0.717, 1.165) is 16.8 Å². The minimum absolute atomic E-state index is 0.0167. The highest BCUT2D eigenvalue weighted by molar-refractivity contribution is 5.93. The van der Waals surface area contributed by atoms with Crippen molar-refractivity contribution in [1.82, 2.24) is 30.0 Å². The van der Waals surface area contributed by atoms with Gasteiger partial charge in [0.15, 0.2) is 0 Å². The number of tetrazole rings is 1. The molecule has 0 aliphatic carbocycles. The van der Waals surface area contributed by atoms with Gasteiger partial charge in [0.2, 0.25) is 11.8 Å². The molecule has 0 spiro atoms. The summed E-state index contributed by atoms with van der Waals surface area (Å²) in [6, 6.07) is 5.95. The molecule has 1 aromatic heterocycles. The van der Waals surface area contributed by atoms with Gasteiger partial charge in [-0.3, -0.25) is 14.5 Å². The molecule has 1 N–H and O–H groups in total. The van der Waals surface area contributed by atoms with Crippen LogP contribution in [0.25, 0.3) is 0 Å². The third-order valence-electron chi connectivity index (χ3n) is 4.53. The zero-order valence-corrected chi connectivity index (χ0v) is 15.1. The van der Waals surface area contributed by atoms with Crippen LogP contribution in [0, 0.1) is 13.8 Å². The summed E-state index contributed by atoms with van der Waals surface area (Å²) in [5.41, 5.74) is 2.99. The fraction of sp³-hybridized carbons (Fsp3) is 0.471. The van der Waals surface area contributed by atoms with Crippen LogP contribution in [0.1, 0.15) is 11.1 Å². The molecule has 9 heteroatoms. The summed E-state index contributed by atoms with van der Waals surface area (Å²) in [6.45, 7) is 6.95. The van der Waals surface area contributed by atoms with Crippen molar-refractivity contribution in [2.75, 3.05) is 38.0 Å². The van der Waals surface area contributed by atoms with Gasteiger partial charge in [-0.25, -0.2) is 4.68 Å². The van der Waals surface area contributed by atoms with E-state index < -0.39 is 0 Å². The third-order valence-corrected chi connectivity index (χ3v) is 4.53. The fourth-order valence-electron chi connectivity index (χ4n) is 3.04. The molecular formula is C17H23N7O2. The van der Waals surface area contributed by atoms with Crippen molar-refractivity contribution in [3.8, 4) is 0 Å². The standard InChI is InChI=1S/C17H23N7O2/c1-13-4-3-5-14(2)17(13)19-15(25)10-22-6-8-23(9-7-22)16(26)11-24-12-18-20-21-24/h3-5,12H,6-11H2,1-2H3,(H,19,25). The number of hydrogen-bond donors (Lipinski definition) is 1. The maximum atomic E-state index is 12.4. The topological polar surface area (TPSA) is 96.2 Å². The number of anilines is 1. The Balaban J connectivity index is 1.46. The molecule has 2 aromatic rings. The van der Waals surface area contributed by atoms with E-state index in [4.69, 9.17) is 0 Å². The first kappa shape index (κ1) is 18.0. The summed E-state index contributed by atoms with van der Waals surface area (Å²) in [5, 5.41) is 13.7. The number of piperazine rings is 1. The van der Waals surface area contributed by atoms with Crippen molar-refractivity contribution in [2.45, 2.75) is 20.4 Å². The third kappa shape index (κ3) is 4.42. The average Bonchev–Trinajstić information content (AvgIpc) is 3.12. The minimum Gasteiger partial charge on any atom is -0.339 e. The molecule has 1 saturated heterocycles. The lowest BCUT2D eigenvalue weighted by Gasteiger charge is -2.34. The van der Waals surface area contributed by atoms with E-state index in [-0.39, 0.29) is 18.4 Å². The van der Waals surface area contributed by atoms with Crippen LogP contribution in [-0.2, 0) is 16.1 Å². The number of carbonyl (C=O) groups is 2. The number of carbonyl (C=O) groups excluding carboxylic acids is 2. The number of aryl methyl sites for hydroxylation is 2. The number of aromatic nitrogens is 4. The fourth-order valence-corrected chi connectivity index (χ4v) is 3.04. The van der Waals surface area contributed by atoms with Crippen LogP contribution in [0.3, 0.4) is 0 Å². The number of hydrogen-bond acceptors (Lipinski definition) is 6. The Morgan fingerprint density at radius 2 is 1.77 bits per heavy atom. The molecule has 9 nitrogen and oxygen atoms in total. The zero-order valence-electron chi connectivity index (χ0n) is 15.1. The van der Waals surface area contributed by atoms with Gasteiger partial charge in [0.05, 0.1) is 6.54 Å². The van der Waals surface area contributed by atoms with Gasteiger partial charge in [-0.15, -0.1) is 5.10 Å². The second kappa shape index (κ2) is 8.05. The quantitative estimate of drug-likeness (QED) is 0.814. The van der Waals surface area contributed by atoms with Gasteiger partial charge >= 0.3 is 0 Å². The second-order valence-electron chi connectivity index (χ2n) is 6.48. The van der Waals surface area contributed by atoms with Crippen LogP contribution in [0.2, 0.25) is 0 Å². The number of amides is 2. The first-order chi connectivity index (χ1) is 12.5. The highest BCUT2D eigenvalue weighted by Crippen LogP contribution is 2.19. The van der Waals surface area contributed by atoms with Gasteiger partial charge in [0.25, 0.3) is 0 Å². The summed E-state index contributed by atoms with van der Waals surface area (Å²) in [6.07, 6.45) is 1.42. The monoisotopic (exact) mass is 357 g/mol. The molecule has 1 aromatic carbocycles. The molecule has 138 valence electrons. The highest BCUT2D eigenvalue weighted by atomic mass is 16.2. The molecule has 1 aliphatic rings. The summed E-state index contributed by atoms with van der Waals surface area (Å²) in [4.78, 5) is 28.4. The lowest BCUT2D eigenvalue weighted by molar-refractivity contribution is -0.134. The summed E-state index contributed by atoms with van der Waals surface area (Å²) >= 11 is 0. The van der Waals surface area contributed by atoms with E-state index in [1.165, 1.54) is 11.0 Å². The Morgan fingerprint density at radius 1 is 1.08 bits per heavy atom. The van der Waals surface area contributed by atoms with Gasteiger partial charge in [-0.05, 0) is 35.4 Å². The lowest BCUT2D eigenvalue weighted by Crippen LogP contribution is -2.51. The Labute approximate surface area is 152 Å². The normalized spacial score (nSPS) is 15.1. The number of benzene rings is 1. The van der Waals surface area contributed by atoms with Crippen LogP contribution in [-0.4, -0.2) is 74.5 Å². The summed E-state index contributed by atoms with van der Waals surface area (Å²) in [5.74, 6) is -0.0483. The van der Waals surface area contributed by atoms with Gasteiger partial charge in [0.1, 0.15) is 12.9 Å². The van der Waals surface area contributed by atoms with E-state index in [2.05, 4.69) is 25.7 Å². The molecule has 0 unspecified atom stereocenters. The molecule has 3 rings (SSSR count). The molecule has 1 aliphatic heterocycles. The van der Waals surface area contributed by atoms with Crippen LogP contribution in [0.5, 0.6) is 0 Å². The smallest absolute Gasteiger partial charge is 0.244 e. The van der Waals surface area contributed by atoms with Crippen molar-refractivity contribution < 1.29 is 9.59 Å². The number of rotatable bonds is 5.